The molecule has 0 aliphatic heterocycles. The second-order valence-corrected chi connectivity index (χ2v) is 3.82. The van der Waals surface area contributed by atoms with Gasteiger partial charge in [-0.2, -0.15) is 0 Å². The number of nitrogens with one attached hydrogen (secondary N) is 1. The Morgan fingerprint density at radius 3 is 2.55 bits per heavy atom. The van der Waals surface area contributed by atoms with Gasteiger partial charge in [0, 0.05) is 0 Å². The van der Waals surface area contributed by atoms with Gasteiger partial charge in [-0.25, -0.2) is 0 Å². The molecule has 64 valence electrons. The molecule has 0 aromatic carbocycles. The minimum atomic E-state index is 0.757. The first-order chi connectivity index (χ1) is 5.34. The van der Waals surface area contributed by atoms with Crippen LogP contribution in [-0.4, -0.2) is 6.21 Å². The molecule has 0 amide bonds. The first kappa shape index (κ1) is 8.76. The largest absolute Gasteiger partial charge is 0.313 e. The smallest absolute Gasteiger partial charge is 0.00450 e. The summed E-state index contributed by atoms with van der Waals surface area (Å²) in [7, 11) is 0. The van der Waals surface area contributed by atoms with Crippen molar-refractivity contribution < 1.29 is 0 Å². The van der Waals surface area contributed by atoms with Crippen LogP contribution < -0.4 is 0 Å². The van der Waals surface area contributed by atoms with E-state index in [-0.39, 0.29) is 0 Å². The lowest BCUT2D eigenvalue weighted by molar-refractivity contribution is 0.270. The quantitative estimate of drug-likeness (QED) is 0.602. The summed E-state index contributed by atoms with van der Waals surface area (Å²) in [5.41, 5.74) is 0. The maximum Gasteiger partial charge on any atom is -0.00450 e. The van der Waals surface area contributed by atoms with E-state index >= 15 is 0 Å². The highest BCUT2D eigenvalue weighted by molar-refractivity contribution is 5.53. The maximum atomic E-state index is 7.03. The number of hydrogen-bond donors (Lipinski definition) is 1. The molecule has 1 aliphatic carbocycles. The van der Waals surface area contributed by atoms with Gasteiger partial charge in [-0.05, 0) is 24.5 Å². The third-order valence-electron chi connectivity index (χ3n) is 2.94. The van der Waals surface area contributed by atoms with Gasteiger partial charge >= 0.3 is 0 Å². The molecule has 1 atom stereocenters. The molecule has 1 rings (SSSR count). The topological polar surface area (TPSA) is 23.9 Å². The van der Waals surface area contributed by atoms with Crippen LogP contribution in [-0.2, 0) is 0 Å². The Hall–Kier alpha value is -0.330. The van der Waals surface area contributed by atoms with Crippen LogP contribution in [0, 0.1) is 17.2 Å². The van der Waals surface area contributed by atoms with Gasteiger partial charge in [0.05, 0.1) is 0 Å². The van der Waals surface area contributed by atoms with Gasteiger partial charge in [0.2, 0.25) is 0 Å². The summed E-state index contributed by atoms with van der Waals surface area (Å²) in [6.45, 7) is 2.29. The highest BCUT2D eigenvalue weighted by atomic mass is 14.3. The van der Waals surface area contributed by atoms with E-state index in [9.17, 15) is 0 Å². The third kappa shape index (κ3) is 2.64. The molecule has 1 nitrogen and oxygen atoms in total. The third-order valence-corrected chi connectivity index (χ3v) is 2.94. The zero-order chi connectivity index (χ0) is 8.10. The maximum absolute atomic E-state index is 7.03. The summed E-state index contributed by atoms with van der Waals surface area (Å²) in [5, 5.41) is 7.03. The highest BCUT2D eigenvalue weighted by Crippen LogP contribution is 2.30. The van der Waals surface area contributed by atoms with Crippen molar-refractivity contribution in [3.05, 3.63) is 0 Å². The average molecular weight is 153 g/mol. The first-order valence-corrected chi connectivity index (χ1v) is 4.83. The van der Waals surface area contributed by atoms with Crippen molar-refractivity contribution >= 4 is 6.21 Å². The Morgan fingerprint density at radius 1 is 1.36 bits per heavy atom. The van der Waals surface area contributed by atoms with Gasteiger partial charge in [0.15, 0.2) is 0 Å². The second-order valence-electron chi connectivity index (χ2n) is 3.82. The Labute approximate surface area is 69.7 Å². The van der Waals surface area contributed by atoms with Gasteiger partial charge in [-0.15, -0.1) is 0 Å². The van der Waals surface area contributed by atoms with Gasteiger partial charge in [0.1, 0.15) is 0 Å². The van der Waals surface area contributed by atoms with E-state index in [1.807, 2.05) is 0 Å². The molecule has 11 heavy (non-hydrogen) atoms. The summed E-state index contributed by atoms with van der Waals surface area (Å²) in [6.07, 6.45) is 9.67. The van der Waals surface area contributed by atoms with Crippen molar-refractivity contribution in [3.63, 3.8) is 0 Å². The molecule has 0 saturated heterocycles. The Kier molecular flexibility index (Phi) is 3.61. The van der Waals surface area contributed by atoms with Crippen molar-refractivity contribution in [1.82, 2.24) is 0 Å². The first-order valence-electron chi connectivity index (χ1n) is 4.83. The van der Waals surface area contributed by atoms with Gasteiger partial charge in [-0.3, -0.25) is 0 Å². The van der Waals surface area contributed by atoms with Crippen LogP contribution in [0.4, 0.5) is 0 Å². The lowest BCUT2D eigenvalue weighted by Gasteiger charge is -2.26. The Balaban J connectivity index is 2.26. The molecule has 1 aliphatic rings. The average Bonchev–Trinajstić information content (AvgIpc) is 2.07. The van der Waals surface area contributed by atoms with Gasteiger partial charge in [0.25, 0.3) is 0 Å². The molecule has 1 fully saturated rings. The summed E-state index contributed by atoms with van der Waals surface area (Å²) < 4.78 is 0. The minimum Gasteiger partial charge on any atom is -0.313 e. The molecule has 0 bridgehead atoms. The van der Waals surface area contributed by atoms with E-state index in [2.05, 4.69) is 6.92 Å². The van der Waals surface area contributed by atoms with Crippen LogP contribution in [0.25, 0.3) is 0 Å². The van der Waals surface area contributed by atoms with Crippen molar-refractivity contribution in [1.29, 1.82) is 5.41 Å². The molecular formula is C10H19N. The SMILES string of the molecule is CC(CC=N)C1CCCCC1. The fourth-order valence-electron chi connectivity index (χ4n) is 2.08. The van der Waals surface area contributed by atoms with E-state index in [0.29, 0.717) is 0 Å². The number of rotatable bonds is 3. The van der Waals surface area contributed by atoms with Crippen LogP contribution in [0.1, 0.15) is 45.4 Å². The van der Waals surface area contributed by atoms with Gasteiger partial charge in [-0.1, -0.05) is 39.0 Å². The predicted octanol–water partition coefficient (Wildman–Crippen LogP) is 3.24. The summed E-state index contributed by atoms with van der Waals surface area (Å²) in [6, 6.07) is 0. The van der Waals surface area contributed by atoms with E-state index in [1.165, 1.54) is 32.1 Å². The fourth-order valence-corrected chi connectivity index (χ4v) is 2.08. The molecule has 0 aromatic rings. The van der Waals surface area contributed by atoms with E-state index in [4.69, 9.17) is 5.41 Å². The molecule has 0 aromatic heterocycles. The standard InChI is InChI=1S/C10H19N/c1-9(7-8-11)10-5-3-2-4-6-10/h8-11H,2-7H2,1H3. The Morgan fingerprint density at radius 2 is 2.00 bits per heavy atom. The molecule has 1 saturated carbocycles. The molecule has 1 unspecified atom stereocenters. The summed E-state index contributed by atoms with van der Waals surface area (Å²) in [5.74, 6) is 1.68. The van der Waals surface area contributed by atoms with Crippen molar-refractivity contribution in [3.8, 4) is 0 Å². The zero-order valence-electron chi connectivity index (χ0n) is 7.47. The van der Waals surface area contributed by atoms with Crippen LogP contribution in [0.3, 0.4) is 0 Å². The van der Waals surface area contributed by atoms with E-state index in [0.717, 1.165) is 18.3 Å². The lowest BCUT2D eigenvalue weighted by atomic mass is 9.80. The van der Waals surface area contributed by atoms with Gasteiger partial charge < -0.3 is 5.41 Å². The molecule has 0 spiro atoms. The Bertz CT molecular complexity index is 114. The second kappa shape index (κ2) is 4.53. The van der Waals surface area contributed by atoms with Crippen LogP contribution in [0.2, 0.25) is 0 Å². The summed E-state index contributed by atoms with van der Waals surface area (Å²) >= 11 is 0. The number of hydrogen-bond acceptors (Lipinski definition) is 1. The van der Waals surface area contributed by atoms with Crippen LogP contribution in [0.5, 0.6) is 0 Å². The van der Waals surface area contributed by atoms with Crippen LogP contribution >= 0.6 is 0 Å². The van der Waals surface area contributed by atoms with Crippen LogP contribution in [0.15, 0.2) is 0 Å². The monoisotopic (exact) mass is 153 g/mol. The zero-order valence-corrected chi connectivity index (χ0v) is 7.47. The van der Waals surface area contributed by atoms with Crippen molar-refractivity contribution in [2.45, 2.75) is 45.4 Å². The molecule has 0 radical (unpaired) electrons. The normalized spacial score (nSPS) is 23.0. The van der Waals surface area contributed by atoms with E-state index < -0.39 is 0 Å². The highest BCUT2D eigenvalue weighted by Gasteiger charge is 2.18. The predicted molar refractivity (Wildman–Crippen MR) is 49.1 cm³/mol. The fraction of sp³-hybridized carbons (Fsp3) is 0.900. The molecule has 1 N–H and O–H groups in total. The van der Waals surface area contributed by atoms with Crippen molar-refractivity contribution in [2.24, 2.45) is 11.8 Å². The lowest BCUT2D eigenvalue weighted by Crippen LogP contribution is -2.15. The molecule has 0 heterocycles. The van der Waals surface area contributed by atoms with Crippen molar-refractivity contribution in [2.75, 3.05) is 0 Å². The molecular weight excluding hydrogens is 134 g/mol. The summed E-state index contributed by atoms with van der Waals surface area (Å²) in [4.78, 5) is 0. The van der Waals surface area contributed by atoms with E-state index in [1.54, 1.807) is 6.21 Å². The minimum absolute atomic E-state index is 0.757. The molecule has 1 heteroatoms.